The molecule has 94 valence electrons. The SMILES string of the molecule is Cc1cc(O)ccc1NCc1cc(Cl)ccc1O. The molecule has 0 heterocycles. The summed E-state index contributed by atoms with van der Waals surface area (Å²) in [6, 6.07) is 10.0. The lowest BCUT2D eigenvalue weighted by Gasteiger charge is -2.11. The predicted molar refractivity (Wildman–Crippen MR) is 73.3 cm³/mol. The Morgan fingerprint density at radius 2 is 1.89 bits per heavy atom. The van der Waals surface area contributed by atoms with Gasteiger partial charge in [0.05, 0.1) is 0 Å². The van der Waals surface area contributed by atoms with Crippen molar-refractivity contribution in [3.63, 3.8) is 0 Å². The second-order valence-corrected chi connectivity index (χ2v) is 4.56. The highest BCUT2D eigenvalue weighted by molar-refractivity contribution is 6.30. The quantitative estimate of drug-likeness (QED) is 0.741. The van der Waals surface area contributed by atoms with Gasteiger partial charge >= 0.3 is 0 Å². The van der Waals surface area contributed by atoms with Crippen LogP contribution in [0.3, 0.4) is 0 Å². The van der Waals surface area contributed by atoms with Crippen LogP contribution in [0.2, 0.25) is 5.02 Å². The molecule has 3 N–H and O–H groups in total. The van der Waals surface area contributed by atoms with Gasteiger partial charge in [-0.2, -0.15) is 0 Å². The maximum absolute atomic E-state index is 9.69. The Bertz CT molecular complexity index is 570. The summed E-state index contributed by atoms with van der Waals surface area (Å²) >= 11 is 5.88. The highest BCUT2D eigenvalue weighted by Gasteiger charge is 2.04. The number of phenols is 2. The van der Waals surface area contributed by atoms with Crippen molar-refractivity contribution in [3.8, 4) is 11.5 Å². The van der Waals surface area contributed by atoms with Crippen molar-refractivity contribution in [2.24, 2.45) is 0 Å². The van der Waals surface area contributed by atoms with Crippen molar-refractivity contribution < 1.29 is 10.2 Å². The minimum atomic E-state index is 0.211. The summed E-state index contributed by atoms with van der Waals surface area (Å²) in [6.07, 6.45) is 0. The summed E-state index contributed by atoms with van der Waals surface area (Å²) in [7, 11) is 0. The minimum absolute atomic E-state index is 0.211. The summed E-state index contributed by atoms with van der Waals surface area (Å²) in [5.41, 5.74) is 2.58. The van der Waals surface area contributed by atoms with E-state index in [-0.39, 0.29) is 11.5 Å². The summed E-state index contributed by atoms with van der Waals surface area (Å²) < 4.78 is 0. The van der Waals surface area contributed by atoms with Crippen LogP contribution in [0.5, 0.6) is 11.5 Å². The fourth-order valence-corrected chi connectivity index (χ4v) is 1.93. The molecule has 0 spiro atoms. The van der Waals surface area contributed by atoms with Crippen LogP contribution >= 0.6 is 11.6 Å². The molecule has 0 fully saturated rings. The van der Waals surface area contributed by atoms with Gasteiger partial charge in [-0.25, -0.2) is 0 Å². The molecule has 0 radical (unpaired) electrons. The predicted octanol–water partition coefficient (Wildman–Crippen LogP) is 3.67. The van der Waals surface area contributed by atoms with Gasteiger partial charge in [0.25, 0.3) is 0 Å². The van der Waals surface area contributed by atoms with Gasteiger partial charge in [0.15, 0.2) is 0 Å². The molecule has 0 amide bonds. The average Bonchev–Trinajstić information content (AvgIpc) is 2.32. The standard InChI is InChI=1S/C14H14ClNO2/c1-9-6-12(17)3-4-13(9)16-8-10-7-11(15)2-5-14(10)18/h2-7,16-18H,8H2,1H3. The number of anilines is 1. The lowest BCUT2D eigenvalue weighted by molar-refractivity contribution is 0.469. The van der Waals surface area contributed by atoms with Crippen molar-refractivity contribution >= 4 is 17.3 Å². The lowest BCUT2D eigenvalue weighted by atomic mass is 10.1. The van der Waals surface area contributed by atoms with Crippen LogP contribution in [-0.2, 0) is 6.54 Å². The molecule has 0 aliphatic heterocycles. The molecule has 0 aliphatic carbocycles. The summed E-state index contributed by atoms with van der Waals surface area (Å²) in [4.78, 5) is 0. The van der Waals surface area contributed by atoms with E-state index in [0.717, 1.165) is 16.8 Å². The second kappa shape index (κ2) is 5.19. The third-order valence-corrected chi connectivity index (χ3v) is 2.96. The number of halogens is 1. The molecule has 0 saturated heterocycles. The van der Waals surface area contributed by atoms with E-state index in [4.69, 9.17) is 11.6 Å². The number of benzene rings is 2. The first-order valence-corrected chi connectivity index (χ1v) is 5.95. The number of aryl methyl sites for hydroxylation is 1. The van der Waals surface area contributed by atoms with Gasteiger partial charge < -0.3 is 15.5 Å². The molecule has 0 aromatic heterocycles. The Hall–Kier alpha value is -1.87. The highest BCUT2D eigenvalue weighted by Crippen LogP contribution is 2.24. The van der Waals surface area contributed by atoms with E-state index in [2.05, 4.69) is 5.32 Å². The molecule has 18 heavy (non-hydrogen) atoms. The maximum atomic E-state index is 9.69. The molecule has 3 nitrogen and oxygen atoms in total. The molecule has 0 atom stereocenters. The monoisotopic (exact) mass is 263 g/mol. The zero-order valence-electron chi connectivity index (χ0n) is 9.94. The van der Waals surface area contributed by atoms with Gasteiger partial charge in [-0.05, 0) is 48.9 Å². The van der Waals surface area contributed by atoms with Crippen LogP contribution in [-0.4, -0.2) is 10.2 Å². The van der Waals surface area contributed by atoms with Gasteiger partial charge in [0.1, 0.15) is 11.5 Å². The molecule has 2 aromatic carbocycles. The van der Waals surface area contributed by atoms with Crippen molar-refractivity contribution in [3.05, 3.63) is 52.5 Å². The number of aromatic hydroxyl groups is 2. The smallest absolute Gasteiger partial charge is 0.120 e. The van der Waals surface area contributed by atoms with Crippen LogP contribution in [0.1, 0.15) is 11.1 Å². The number of rotatable bonds is 3. The topological polar surface area (TPSA) is 52.5 Å². The van der Waals surface area contributed by atoms with Gasteiger partial charge in [0, 0.05) is 22.8 Å². The van der Waals surface area contributed by atoms with Crippen LogP contribution in [0, 0.1) is 6.92 Å². The Labute approximate surface area is 111 Å². The third-order valence-electron chi connectivity index (χ3n) is 2.72. The fourth-order valence-electron chi connectivity index (χ4n) is 1.73. The van der Waals surface area contributed by atoms with Crippen molar-refractivity contribution in [1.82, 2.24) is 0 Å². The summed E-state index contributed by atoms with van der Waals surface area (Å²) in [6.45, 7) is 2.37. The van der Waals surface area contributed by atoms with E-state index in [9.17, 15) is 10.2 Å². The van der Waals surface area contributed by atoms with E-state index >= 15 is 0 Å². The Morgan fingerprint density at radius 3 is 2.61 bits per heavy atom. The van der Waals surface area contributed by atoms with E-state index in [0.29, 0.717) is 11.6 Å². The zero-order chi connectivity index (χ0) is 13.1. The lowest BCUT2D eigenvalue weighted by Crippen LogP contribution is -2.01. The first-order valence-electron chi connectivity index (χ1n) is 5.57. The molecule has 0 saturated carbocycles. The van der Waals surface area contributed by atoms with Crippen molar-refractivity contribution in [2.45, 2.75) is 13.5 Å². The van der Waals surface area contributed by atoms with Gasteiger partial charge in [-0.3, -0.25) is 0 Å². The third kappa shape index (κ3) is 2.87. The van der Waals surface area contributed by atoms with Crippen molar-refractivity contribution in [1.29, 1.82) is 0 Å². The fraction of sp³-hybridized carbons (Fsp3) is 0.143. The second-order valence-electron chi connectivity index (χ2n) is 4.13. The molecule has 2 aromatic rings. The van der Waals surface area contributed by atoms with E-state index < -0.39 is 0 Å². The molecular formula is C14H14ClNO2. The van der Waals surface area contributed by atoms with Gasteiger partial charge in [-0.1, -0.05) is 11.6 Å². The van der Waals surface area contributed by atoms with E-state index in [1.165, 1.54) is 0 Å². The Kier molecular flexibility index (Phi) is 3.63. The molecular weight excluding hydrogens is 250 g/mol. The van der Waals surface area contributed by atoms with Gasteiger partial charge in [-0.15, -0.1) is 0 Å². The summed E-state index contributed by atoms with van der Waals surface area (Å²) in [5.74, 6) is 0.451. The maximum Gasteiger partial charge on any atom is 0.120 e. The normalized spacial score (nSPS) is 10.3. The first kappa shape index (κ1) is 12.6. The zero-order valence-corrected chi connectivity index (χ0v) is 10.7. The molecule has 0 unspecified atom stereocenters. The van der Waals surface area contributed by atoms with E-state index in [1.54, 1.807) is 36.4 Å². The van der Waals surface area contributed by atoms with Gasteiger partial charge in [0.2, 0.25) is 0 Å². The number of hydrogen-bond donors (Lipinski definition) is 3. The first-order chi connectivity index (χ1) is 8.56. The van der Waals surface area contributed by atoms with Crippen LogP contribution in [0.15, 0.2) is 36.4 Å². The van der Waals surface area contributed by atoms with Crippen LogP contribution in [0.25, 0.3) is 0 Å². The summed E-state index contributed by atoms with van der Waals surface area (Å²) in [5, 5.41) is 22.8. The molecule has 0 bridgehead atoms. The minimum Gasteiger partial charge on any atom is -0.508 e. The number of hydrogen-bond acceptors (Lipinski definition) is 3. The average molecular weight is 264 g/mol. The molecule has 4 heteroatoms. The van der Waals surface area contributed by atoms with Crippen LogP contribution in [0.4, 0.5) is 5.69 Å². The molecule has 2 rings (SSSR count). The molecule has 0 aliphatic rings. The highest BCUT2D eigenvalue weighted by atomic mass is 35.5. The number of nitrogens with one attached hydrogen (secondary N) is 1. The Morgan fingerprint density at radius 1 is 1.11 bits per heavy atom. The number of phenolic OH excluding ortho intramolecular Hbond substituents is 2. The largest absolute Gasteiger partial charge is 0.508 e. The van der Waals surface area contributed by atoms with Crippen LogP contribution < -0.4 is 5.32 Å². The Balaban J connectivity index is 2.13. The van der Waals surface area contributed by atoms with E-state index in [1.807, 2.05) is 6.92 Å². The van der Waals surface area contributed by atoms with Crippen molar-refractivity contribution in [2.75, 3.05) is 5.32 Å².